The predicted molar refractivity (Wildman–Crippen MR) is 65.3 cm³/mol. The highest BCUT2D eigenvalue weighted by atomic mass is 35.5. The number of hydrogen-bond acceptors (Lipinski definition) is 2. The van der Waals surface area contributed by atoms with Gasteiger partial charge in [-0.2, -0.15) is 5.10 Å². The molecule has 0 bridgehead atoms. The second kappa shape index (κ2) is 5.09. The van der Waals surface area contributed by atoms with Gasteiger partial charge in [0.1, 0.15) is 0 Å². The van der Waals surface area contributed by atoms with E-state index < -0.39 is 0 Å². The molecule has 0 aliphatic heterocycles. The fraction of sp³-hybridized carbons (Fsp3) is 0.750. The highest BCUT2D eigenvalue weighted by Gasteiger charge is 2.27. The molecule has 2 rings (SSSR count). The van der Waals surface area contributed by atoms with Crippen LogP contribution in [0.5, 0.6) is 5.75 Å². The molecule has 1 aromatic heterocycles. The minimum atomic E-state index is 0.309. The summed E-state index contributed by atoms with van der Waals surface area (Å²) in [5.41, 5.74) is 1.23. The van der Waals surface area contributed by atoms with Crippen molar-refractivity contribution in [1.82, 2.24) is 9.78 Å². The van der Waals surface area contributed by atoms with Crippen molar-refractivity contribution in [2.75, 3.05) is 7.11 Å². The lowest BCUT2D eigenvalue weighted by Gasteiger charge is -2.26. The molecule has 2 atom stereocenters. The molecule has 1 aliphatic rings. The Morgan fingerprint density at radius 3 is 3.00 bits per heavy atom. The van der Waals surface area contributed by atoms with Crippen molar-refractivity contribution < 1.29 is 4.74 Å². The Bertz CT molecular complexity index is 329. The normalized spacial score (nSPS) is 25.7. The number of methoxy groups -OCH3 is 1. The van der Waals surface area contributed by atoms with Gasteiger partial charge in [0.2, 0.25) is 0 Å². The van der Waals surface area contributed by atoms with E-state index in [0.717, 1.165) is 25.1 Å². The zero-order valence-electron chi connectivity index (χ0n) is 9.95. The fourth-order valence-corrected chi connectivity index (χ4v) is 2.95. The van der Waals surface area contributed by atoms with E-state index in [1.54, 1.807) is 7.11 Å². The van der Waals surface area contributed by atoms with E-state index in [4.69, 9.17) is 16.3 Å². The van der Waals surface area contributed by atoms with Crippen LogP contribution in [0.4, 0.5) is 0 Å². The topological polar surface area (TPSA) is 27.1 Å². The van der Waals surface area contributed by atoms with Crippen LogP contribution in [0.15, 0.2) is 6.20 Å². The number of aromatic nitrogens is 2. The van der Waals surface area contributed by atoms with Gasteiger partial charge >= 0.3 is 0 Å². The van der Waals surface area contributed by atoms with E-state index in [-0.39, 0.29) is 0 Å². The first-order chi connectivity index (χ1) is 7.76. The number of halogens is 1. The quantitative estimate of drug-likeness (QED) is 0.762. The molecule has 0 saturated heterocycles. The minimum Gasteiger partial charge on any atom is -0.493 e. The molecule has 0 N–H and O–H groups in total. The maximum Gasteiger partial charge on any atom is 0.160 e. The molecular weight excluding hydrogens is 224 g/mol. The average Bonchev–Trinajstić information content (AvgIpc) is 2.71. The van der Waals surface area contributed by atoms with Crippen LogP contribution < -0.4 is 4.74 Å². The summed E-state index contributed by atoms with van der Waals surface area (Å²) in [5, 5.41) is 4.66. The maximum absolute atomic E-state index is 6.25. The first kappa shape index (κ1) is 11.8. The molecule has 1 heterocycles. The van der Waals surface area contributed by atoms with Crippen LogP contribution >= 0.6 is 11.6 Å². The molecule has 0 aromatic carbocycles. The zero-order chi connectivity index (χ0) is 11.5. The van der Waals surface area contributed by atoms with E-state index in [2.05, 4.69) is 12.0 Å². The maximum atomic E-state index is 6.25. The van der Waals surface area contributed by atoms with Crippen molar-refractivity contribution in [2.24, 2.45) is 0 Å². The van der Waals surface area contributed by atoms with Gasteiger partial charge in [0.25, 0.3) is 0 Å². The van der Waals surface area contributed by atoms with E-state index in [0.29, 0.717) is 11.3 Å². The van der Waals surface area contributed by atoms with Gasteiger partial charge in [0.15, 0.2) is 5.75 Å². The summed E-state index contributed by atoms with van der Waals surface area (Å²) in [6.45, 7) is 3.00. The minimum absolute atomic E-state index is 0.309. The third-order valence-corrected chi connectivity index (χ3v) is 3.76. The second-order valence-corrected chi connectivity index (χ2v) is 4.99. The van der Waals surface area contributed by atoms with Gasteiger partial charge in [-0.3, -0.25) is 4.68 Å². The Balaban J connectivity index is 2.26. The Hall–Kier alpha value is -0.700. The third-order valence-electron chi connectivity index (χ3n) is 3.36. The van der Waals surface area contributed by atoms with Crippen LogP contribution in [0.3, 0.4) is 0 Å². The molecule has 1 fully saturated rings. The monoisotopic (exact) mass is 242 g/mol. The molecule has 0 amide bonds. The third kappa shape index (κ3) is 2.19. The molecule has 1 aromatic rings. The number of hydrogen-bond donors (Lipinski definition) is 0. The van der Waals surface area contributed by atoms with Gasteiger partial charge in [-0.15, -0.1) is 11.6 Å². The lowest BCUT2D eigenvalue weighted by molar-refractivity contribution is 0.377. The summed E-state index contributed by atoms with van der Waals surface area (Å²) in [5.74, 6) is 1.42. The molecule has 0 spiro atoms. The predicted octanol–water partition coefficient (Wildman–Crippen LogP) is 3.18. The number of alkyl halides is 1. The van der Waals surface area contributed by atoms with Crippen molar-refractivity contribution in [2.45, 2.75) is 50.4 Å². The van der Waals surface area contributed by atoms with Crippen molar-refractivity contribution in [3.63, 3.8) is 0 Å². The molecule has 1 saturated carbocycles. The molecule has 0 radical (unpaired) electrons. The molecular formula is C12H19ClN2O. The van der Waals surface area contributed by atoms with Crippen molar-refractivity contribution in [3.05, 3.63) is 11.9 Å². The van der Waals surface area contributed by atoms with Gasteiger partial charge in [0.05, 0.1) is 19.0 Å². The summed E-state index contributed by atoms with van der Waals surface area (Å²) >= 11 is 6.25. The van der Waals surface area contributed by atoms with Crippen molar-refractivity contribution >= 4 is 11.6 Å². The Kier molecular flexibility index (Phi) is 3.74. The van der Waals surface area contributed by atoms with E-state index in [9.17, 15) is 0 Å². The first-order valence-corrected chi connectivity index (χ1v) is 6.43. The van der Waals surface area contributed by atoms with Crippen molar-refractivity contribution in [1.29, 1.82) is 0 Å². The van der Waals surface area contributed by atoms with Crippen LogP contribution in [-0.2, 0) is 6.54 Å². The van der Waals surface area contributed by atoms with Gasteiger partial charge in [-0.05, 0) is 26.2 Å². The SMILES string of the molecule is CCn1ncc(OC)c1C1CCCC(Cl)C1. The highest BCUT2D eigenvalue weighted by Crippen LogP contribution is 2.39. The van der Waals surface area contributed by atoms with E-state index in [1.165, 1.54) is 18.5 Å². The van der Waals surface area contributed by atoms with Gasteiger partial charge in [0, 0.05) is 17.8 Å². The molecule has 2 unspecified atom stereocenters. The number of aryl methyl sites for hydroxylation is 1. The van der Waals surface area contributed by atoms with Crippen LogP contribution in [0.2, 0.25) is 0 Å². The van der Waals surface area contributed by atoms with Crippen molar-refractivity contribution in [3.8, 4) is 5.75 Å². The number of nitrogens with zero attached hydrogens (tertiary/aromatic N) is 2. The molecule has 4 heteroatoms. The van der Waals surface area contributed by atoms with Crippen LogP contribution in [0.25, 0.3) is 0 Å². The average molecular weight is 243 g/mol. The number of ether oxygens (including phenoxy) is 1. The molecule has 90 valence electrons. The Morgan fingerprint density at radius 2 is 2.38 bits per heavy atom. The van der Waals surface area contributed by atoms with Gasteiger partial charge in [-0.1, -0.05) is 6.42 Å². The summed E-state index contributed by atoms with van der Waals surface area (Å²) in [6.07, 6.45) is 6.41. The van der Waals surface area contributed by atoms with Crippen LogP contribution in [0.1, 0.15) is 44.2 Å². The standard InChI is InChI=1S/C12H19ClN2O/c1-3-15-12(11(16-2)8-14-15)9-5-4-6-10(13)7-9/h8-10H,3-7H2,1-2H3. The summed E-state index contributed by atoms with van der Waals surface area (Å²) in [4.78, 5) is 0. The van der Waals surface area contributed by atoms with E-state index in [1.807, 2.05) is 10.9 Å². The fourth-order valence-electron chi connectivity index (χ4n) is 2.58. The lowest BCUT2D eigenvalue weighted by atomic mass is 9.86. The van der Waals surface area contributed by atoms with E-state index >= 15 is 0 Å². The lowest BCUT2D eigenvalue weighted by Crippen LogP contribution is -2.18. The molecule has 16 heavy (non-hydrogen) atoms. The summed E-state index contributed by atoms with van der Waals surface area (Å²) < 4.78 is 7.43. The summed E-state index contributed by atoms with van der Waals surface area (Å²) in [7, 11) is 1.71. The zero-order valence-corrected chi connectivity index (χ0v) is 10.7. The smallest absolute Gasteiger partial charge is 0.160 e. The Morgan fingerprint density at radius 1 is 1.56 bits per heavy atom. The largest absolute Gasteiger partial charge is 0.493 e. The van der Waals surface area contributed by atoms with Crippen LogP contribution in [0, 0.1) is 0 Å². The second-order valence-electron chi connectivity index (χ2n) is 4.37. The first-order valence-electron chi connectivity index (χ1n) is 6.00. The highest BCUT2D eigenvalue weighted by molar-refractivity contribution is 6.20. The van der Waals surface area contributed by atoms with Gasteiger partial charge < -0.3 is 4.74 Å². The Labute approximate surface area is 102 Å². The molecule has 1 aliphatic carbocycles. The summed E-state index contributed by atoms with van der Waals surface area (Å²) in [6, 6.07) is 0. The number of rotatable bonds is 3. The van der Waals surface area contributed by atoms with Crippen LogP contribution in [-0.4, -0.2) is 22.3 Å². The van der Waals surface area contributed by atoms with Gasteiger partial charge in [-0.25, -0.2) is 0 Å². The molecule has 3 nitrogen and oxygen atoms in total.